The third-order valence-corrected chi connectivity index (χ3v) is 4.84. The lowest BCUT2D eigenvalue weighted by Gasteiger charge is -2.10. The number of aryl methyl sites for hydroxylation is 1. The van der Waals surface area contributed by atoms with Gasteiger partial charge in [0, 0.05) is 10.9 Å². The molecule has 2 aromatic heterocycles. The number of amides is 1. The Balaban J connectivity index is 1.68. The molecule has 0 bridgehead atoms. The summed E-state index contributed by atoms with van der Waals surface area (Å²) in [5.41, 5.74) is 6.07. The molecule has 0 radical (unpaired) electrons. The molecule has 2 aromatic carbocycles. The monoisotopic (exact) mass is 413 g/mol. The van der Waals surface area contributed by atoms with Gasteiger partial charge in [0.2, 0.25) is 0 Å². The number of carbonyl (C=O) groups excluding carboxylic acids is 1. The molecule has 31 heavy (non-hydrogen) atoms. The number of pyridine rings is 1. The minimum absolute atomic E-state index is 0.312. The van der Waals surface area contributed by atoms with E-state index in [9.17, 15) is 4.79 Å². The lowest BCUT2D eigenvalue weighted by molar-refractivity contribution is 0.0956. The quantitative estimate of drug-likeness (QED) is 0.341. The number of hydrazone groups is 1. The van der Waals surface area contributed by atoms with Gasteiger partial charge in [0.05, 0.1) is 23.4 Å². The van der Waals surface area contributed by atoms with Crippen molar-refractivity contribution in [1.29, 1.82) is 0 Å². The number of fused-ring (bicyclic) bond motifs is 1. The minimum Gasteiger partial charge on any atom is -0.494 e. The minimum atomic E-state index is -0.312. The largest absolute Gasteiger partial charge is 0.494 e. The van der Waals surface area contributed by atoms with Crippen LogP contribution in [-0.2, 0) is 0 Å². The number of ether oxygens (including phenoxy) is 1. The standard InChI is InChI=1S/C25H23N3O3/c1-4-30-19-12-10-18(11-13-19)23-15-21(20-7-5-6-8-22(20)26-23)25(29)28-27-17(3)24-14-9-16(2)31-24/h5-15H,4H2,1-3H3,(H,28,29). The number of nitrogens with one attached hydrogen (secondary N) is 1. The SMILES string of the molecule is CCOc1ccc(-c2cc(C(=O)NN=C(C)c3ccc(C)o3)c3ccccc3n2)cc1. The zero-order chi connectivity index (χ0) is 21.8. The molecule has 1 N–H and O–H groups in total. The van der Waals surface area contributed by atoms with E-state index in [0.717, 1.165) is 28.0 Å². The number of carbonyl (C=O) groups is 1. The number of para-hydroxylation sites is 1. The third kappa shape index (κ3) is 4.48. The Labute approximate surface area is 180 Å². The van der Waals surface area contributed by atoms with E-state index in [4.69, 9.17) is 14.1 Å². The zero-order valence-corrected chi connectivity index (χ0v) is 17.7. The lowest BCUT2D eigenvalue weighted by atomic mass is 10.0. The van der Waals surface area contributed by atoms with Crippen LogP contribution in [-0.4, -0.2) is 23.2 Å². The van der Waals surface area contributed by atoms with Crippen LogP contribution in [0.2, 0.25) is 0 Å². The maximum Gasteiger partial charge on any atom is 0.272 e. The number of furan rings is 1. The highest BCUT2D eigenvalue weighted by Gasteiger charge is 2.14. The predicted octanol–water partition coefficient (Wildman–Crippen LogP) is 5.36. The molecule has 0 saturated carbocycles. The Bertz CT molecular complexity index is 1260. The molecule has 0 aliphatic rings. The van der Waals surface area contributed by atoms with Crippen molar-refractivity contribution < 1.29 is 13.9 Å². The van der Waals surface area contributed by atoms with Gasteiger partial charge in [0.15, 0.2) is 0 Å². The van der Waals surface area contributed by atoms with E-state index >= 15 is 0 Å². The van der Waals surface area contributed by atoms with Crippen LogP contribution in [0.1, 0.15) is 35.7 Å². The highest BCUT2D eigenvalue weighted by atomic mass is 16.5. The van der Waals surface area contributed by atoms with Crippen molar-refractivity contribution in [3.63, 3.8) is 0 Å². The van der Waals surface area contributed by atoms with Crippen molar-refractivity contribution in [3.05, 3.63) is 83.8 Å². The first-order chi connectivity index (χ1) is 15.0. The maximum absolute atomic E-state index is 13.0. The molecule has 6 heteroatoms. The molecule has 1 amide bonds. The molecule has 4 aromatic rings. The van der Waals surface area contributed by atoms with Crippen molar-refractivity contribution in [3.8, 4) is 17.0 Å². The Kier molecular flexibility index (Phi) is 5.80. The van der Waals surface area contributed by atoms with Crippen LogP contribution in [0.5, 0.6) is 5.75 Å². The van der Waals surface area contributed by atoms with E-state index in [2.05, 4.69) is 10.5 Å². The van der Waals surface area contributed by atoms with Gasteiger partial charge in [0.25, 0.3) is 5.91 Å². The van der Waals surface area contributed by atoms with Crippen molar-refractivity contribution in [2.75, 3.05) is 6.61 Å². The summed E-state index contributed by atoms with van der Waals surface area (Å²) in [5.74, 6) is 1.89. The second-order valence-corrected chi connectivity index (χ2v) is 7.08. The summed E-state index contributed by atoms with van der Waals surface area (Å²) >= 11 is 0. The smallest absolute Gasteiger partial charge is 0.272 e. The Morgan fingerprint density at radius 2 is 1.87 bits per heavy atom. The molecule has 0 aliphatic carbocycles. The van der Waals surface area contributed by atoms with E-state index in [1.807, 2.05) is 74.5 Å². The van der Waals surface area contributed by atoms with Gasteiger partial charge in [-0.05, 0) is 69.3 Å². The van der Waals surface area contributed by atoms with E-state index in [1.54, 1.807) is 13.0 Å². The number of nitrogens with zero attached hydrogens (tertiary/aromatic N) is 2. The first kappa shape index (κ1) is 20.3. The fraction of sp³-hybridized carbons (Fsp3) is 0.160. The molecule has 0 aliphatic heterocycles. The van der Waals surface area contributed by atoms with Gasteiger partial charge in [-0.2, -0.15) is 5.10 Å². The summed E-state index contributed by atoms with van der Waals surface area (Å²) < 4.78 is 11.1. The molecular formula is C25H23N3O3. The molecule has 2 heterocycles. The summed E-state index contributed by atoms with van der Waals surface area (Å²) in [7, 11) is 0. The number of aromatic nitrogens is 1. The molecule has 156 valence electrons. The second kappa shape index (κ2) is 8.83. The van der Waals surface area contributed by atoms with E-state index in [1.165, 1.54) is 0 Å². The van der Waals surface area contributed by atoms with Gasteiger partial charge in [-0.3, -0.25) is 4.79 Å². The van der Waals surface area contributed by atoms with Crippen molar-refractivity contribution in [2.45, 2.75) is 20.8 Å². The molecule has 0 unspecified atom stereocenters. The number of benzene rings is 2. The fourth-order valence-corrected chi connectivity index (χ4v) is 3.28. The molecule has 0 atom stereocenters. The van der Waals surface area contributed by atoms with Crippen LogP contribution in [0.3, 0.4) is 0 Å². The fourth-order valence-electron chi connectivity index (χ4n) is 3.28. The van der Waals surface area contributed by atoms with Gasteiger partial charge in [-0.25, -0.2) is 10.4 Å². The third-order valence-electron chi connectivity index (χ3n) is 4.84. The van der Waals surface area contributed by atoms with Crippen LogP contribution in [0, 0.1) is 6.92 Å². The molecule has 0 saturated heterocycles. The Morgan fingerprint density at radius 1 is 1.10 bits per heavy atom. The number of hydrogen-bond donors (Lipinski definition) is 1. The maximum atomic E-state index is 13.0. The van der Waals surface area contributed by atoms with Crippen LogP contribution in [0.25, 0.3) is 22.2 Å². The molecular weight excluding hydrogens is 390 g/mol. The zero-order valence-electron chi connectivity index (χ0n) is 17.7. The van der Waals surface area contributed by atoms with Crippen LogP contribution in [0.4, 0.5) is 0 Å². The summed E-state index contributed by atoms with van der Waals surface area (Å²) in [6.07, 6.45) is 0. The van der Waals surface area contributed by atoms with E-state index < -0.39 is 0 Å². The van der Waals surface area contributed by atoms with E-state index in [-0.39, 0.29) is 5.91 Å². The topological polar surface area (TPSA) is 76.7 Å². The average Bonchev–Trinajstić information content (AvgIpc) is 3.23. The van der Waals surface area contributed by atoms with Gasteiger partial charge in [-0.1, -0.05) is 18.2 Å². The second-order valence-electron chi connectivity index (χ2n) is 7.08. The number of hydrogen-bond acceptors (Lipinski definition) is 5. The normalized spacial score (nSPS) is 11.5. The highest BCUT2D eigenvalue weighted by molar-refractivity contribution is 6.08. The predicted molar refractivity (Wildman–Crippen MR) is 121 cm³/mol. The first-order valence-corrected chi connectivity index (χ1v) is 10.1. The Morgan fingerprint density at radius 3 is 2.58 bits per heavy atom. The van der Waals surface area contributed by atoms with Crippen molar-refractivity contribution in [2.24, 2.45) is 5.10 Å². The first-order valence-electron chi connectivity index (χ1n) is 10.1. The molecule has 0 spiro atoms. The summed E-state index contributed by atoms with van der Waals surface area (Å²) in [4.78, 5) is 17.8. The van der Waals surface area contributed by atoms with Gasteiger partial charge in [0.1, 0.15) is 23.0 Å². The molecule has 0 fully saturated rings. The molecule has 6 nitrogen and oxygen atoms in total. The number of rotatable bonds is 6. The van der Waals surface area contributed by atoms with Crippen LogP contribution in [0.15, 0.2) is 76.2 Å². The van der Waals surface area contributed by atoms with Crippen LogP contribution < -0.4 is 10.2 Å². The Hall–Kier alpha value is -3.93. The molecule has 4 rings (SSSR count). The highest BCUT2D eigenvalue weighted by Crippen LogP contribution is 2.26. The van der Waals surface area contributed by atoms with Crippen molar-refractivity contribution >= 4 is 22.5 Å². The van der Waals surface area contributed by atoms with Gasteiger partial charge in [-0.15, -0.1) is 0 Å². The summed E-state index contributed by atoms with van der Waals surface area (Å²) in [6.45, 7) is 6.20. The lowest BCUT2D eigenvalue weighted by Crippen LogP contribution is -2.20. The van der Waals surface area contributed by atoms with Crippen molar-refractivity contribution in [1.82, 2.24) is 10.4 Å². The van der Waals surface area contributed by atoms with Crippen LogP contribution >= 0.6 is 0 Å². The van der Waals surface area contributed by atoms with E-state index in [0.29, 0.717) is 29.3 Å². The average molecular weight is 413 g/mol. The summed E-state index contributed by atoms with van der Waals surface area (Å²) in [5, 5.41) is 4.97. The van der Waals surface area contributed by atoms with Gasteiger partial charge >= 0.3 is 0 Å². The summed E-state index contributed by atoms with van der Waals surface area (Å²) in [6, 6.07) is 20.7. The van der Waals surface area contributed by atoms with Gasteiger partial charge < -0.3 is 9.15 Å².